The number of carbonyl (C=O) groups excluding carboxylic acids is 1. The topological polar surface area (TPSA) is 75.3 Å². The summed E-state index contributed by atoms with van der Waals surface area (Å²) in [6, 6.07) is 8.93. The Kier molecular flexibility index (Phi) is 4.87. The van der Waals surface area contributed by atoms with E-state index in [1.807, 2.05) is 11.6 Å². The van der Waals surface area contributed by atoms with E-state index in [9.17, 15) is 13.2 Å². The van der Waals surface area contributed by atoms with Gasteiger partial charge in [-0.25, -0.2) is 17.9 Å². The largest absolute Gasteiger partial charge is 0.332 e. The number of hydrogen-bond acceptors (Lipinski definition) is 4. The zero-order valence-corrected chi connectivity index (χ0v) is 13.5. The molecule has 0 aliphatic rings. The van der Waals surface area contributed by atoms with E-state index in [2.05, 4.69) is 5.32 Å². The molecule has 1 aromatic carbocycles. The predicted molar refractivity (Wildman–Crippen MR) is 83.1 cm³/mol. The summed E-state index contributed by atoms with van der Waals surface area (Å²) in [4.78, 5) is 12.5. The van der Waals surface area contributed by atoms with E-state index >= 15 is 0 Å². The van der Waals surface area contributed by atoms with Crippen molar-refractivity contribution in [2.45, 2.75) is 18.4 Å². The molecule has 2 aromatic rings. The fraction of sp³-hybridized carbons (Fsp3) is 0.154. The lowest BCUT2D eigenvalue weighted by molar-refractivity contribution is 0.245. The van der Waals surface area contributed by atoms with E-state index in [0.29, 0.717) is 4.34 Å². The van der Waals surface area contributed by atoms with Crippen LogP contribution in [0.25, 0.3) is 0 Å². The van der Waals surface area contributed by atoms with Crippen molar-refractivity contribution >= 4 is 39.0 Å². The Labute approximate surface area is 132 Å². The van der Waals surface area contributed by atoms with Crippen molar-refractivity contribution in [1.29, 1.82) is 0 Å². The minimum absolute atomic E-state index is 0.0439. The number of aryl methyl sites for hydroxylation is 1. The highest BCUT2D eigenvalue weighted by atomic mass is 35.5. The lowest BCUT2D eigenvalue weighted by atomic mass is 10.2. The first-order valence-electron chi connectivity index (χ1n) is 5.98. The summed E-state index contributed by atoms with van der Waals surface area (Å²) in [5.41, 5.74) is 0.938. The van der Waals surface area contributed by atoms with Gasteiger partial charge < -0.3 is 5.32 Å². The second-order valence-corrected chi connectivity index (χ2v) is 7.79. The minimum atomic E-state index is -3.86. The molecule has 21 heavy (non-hydrogen) atoms. The average Bonchev–Trinajstić information content (AvgIpc) is 2.82. The van der Waals surface area contributed by atoms with Crippen molar-refractivity contribution < 1.29 is 13.2 Å². The molecule has 0 aliphatic heterocycles. The standard InChI is InChI=1S/C13H13ClN2O3S2/c1-9-2-5-11(6-3-9)21(18,19)16-13(17)15-8-10-4-7-12(14)20-10/h2-7H,8H2,1H3,(H2,15,16,17). The number of urea groups is 1. The van der Waals surface area contributed by atoms with Crippen LogP contribution in [0.1, 0.15) is 10.4 Å². The van der Waals surface area contributed by atoms with Gasteiger partial charge in [-0.05, 0) is 31.2 Å². The van der Waals surface area contributed by atoms with E-state index in [1.54, 1.807) is 24.3 Å². The summed E-state index contributed by atoms with van der Waals surface area (Å²) in [6.07, 6.45) is 0. The lowest BCUT2D eigenvalue weighted by Gasteiger charge is -2.08. The maximum Gasteiger partial charge on any atom is 0.328 e. The molecule has 0 fully saturated rings. The second kappa shape index (κ2) is 6.46. The molecule has 0 saturated carbocycles. The molecular formula is C13H13ClN2O3S2. The van der Waals surface area contributed by atoms with Crippen LogP contribution in [0.3, 0.4) is 0 Å². The number of halogens is 1. The first-order valence-corrected chi connectivity index (χ1v) is 8.66. The maximum absolute atomic E-state index is 12.0. The molecule has 112 valence electrons. The van der Waals surface area contributed by atoms with Gasteiger partial charge in [0.15, 0.2) is 0 Å². The Morgan fingerprint density at radius 2 is 1.86 bits per heavy atom. The van der Waals surface area contributed by atoms with Crippen molar-refractivity contribution in [2.75, 3.05) is 0 Å². The van der Waals surface area contributed by atoms with Gasteiger partial charge >= 0.3 is 6.03 Å². The molecule has 1 heterocycles. The number of sulfonamides is 1. The summed E-state index contributed by atoms with van der Waals surface area (Å²) >= 11 is 7.09. The van der Waals surface area contributed by atoms with Gasteiger partial charge in [0.05, 0.1) is 15.8 Å². The number of nitrogens with one attached hydrogen (secondary N) is 2. The van der Waals surface area contributed by atoms with Gasteiger partial charge in [0.1, 0.15) is 0 Å². The number of benzene rings is 1. The lowest BCUT2D eigenvalue weighted by Crippen LogP contribution is -2.38. The number of amides is 2. The van der Waals surface area contributed by atoms with Crippen LogP contribution in [0.15, 0.2) is 41.3 Å². The highest BCUT2D eigenvalue weighted by Gasteiger charge is 2.17. The first-order chi connectivity index (χ1) is 9.87. The normalized spacial score (nSPS) is 11.1. The molecule has 0 bridgehead atoms. The second-order valence-electron chi connectivity index (χ2n) is 4.31. The van der Waals surface area contributed by atoms with Crippen LogP contribution in [0.5, 0.6) is 0 Å². The molecule has 0 saturated heterocycles. The Balaban J connectivity index is 1.96. The Morgan fingerprint density at radius 3 is 2.43 bits per heavy atom. The van der Waals surface area contributed by atoms with Gasteiger partial charge in [0, 0.05) is 4.88 Å². The molecule has 8 heteroatoms. The average molecular weight is 345 g/mol. The fourth-order valence-corrected chi connectivity index (χ4v) is 3.50. The van der Waals surface area contributed by atoms with Crippen LogP contribution in [-0.4, -0.2) is 14.4 Å². The molecule has 0 atom stereocenters. The van der Waals surface area contributed by atoms with Crippen molar-refractivity contribution in [2.24, 2.45) is 0 Å². The SMILES string of the molecule is Cc1ccc(S(=O)(=O)NC(=O)NCc2ccc(Cl)s2)cc1. The van der Waals surface area contributed by atoms with E-state index in [4.69, 9.17) is 11.6 Å². The third-order valence-electron chi connectivity index (χ3n) is 2.61. The summed E-state index contributed by atoms with van der Waals surface area (Å²) in [7, 11) is -3.86. The van der Waals surface area contributed by atoms with Crippen molar-refractivity contribution in [3.63, 3.8) is 0 Å². The summed E-state index contributed by atoms with van der Waals surface area (Å²) in [5, 5.41) is 2.47. The molecule has 1 aromatic heterocycles. The van der Waals surface area contributed by atoms with Crippen LogP contribution in [0.4, 0.5) is 4.79 Å². The number of rotatable bonds is 4. The van der Waals surface area contributed by atoms with Gasteiger partial charge in [-0.15, -0.1) is 11.3 Å². The summed E-state index contributed by atoms with van der Waals surface area (Å²) in [5.74, 6) is 0. The maximum atomic E-state index is 12.0. The van der Waals surface area contributed by atoms with E-state index < -0.39 is 16.1 Å². The van der Waals surface area contributed by atoms with Gasteiger partial charge in [0.25, 0.3) is 10.0 Å². The van der Waals surface area contributed by atoms with Gasteiger partial charge in [0.2, 0.25) is 0 Å². The molecule has 5 nitrogen and oxygen atoms in total. The van der Waals surface area contributed by atoms with Crippen LogP contribution >= 0.6 is 22.9 Å². The van der Waals surface area contributed by atoms with E-state index in [-0.39, 0.29) is 11.4 Å². The quantitative estimate of drug-likeness (QED) is 0.895. The molecule has 0 spiro atoms. The summed E-state index contributed by atoms with van der Waals surface area (Å²) < 4.78 is 26.5. The monoisotopic (exact) mass is 344 g/mol. The van der Waals surface area contributed by atoms with E-state index in [0.717, 1.165) is 10.4 Å². The Morgan fingerprint density at radius 1 is 1.19 bits per heavy atom. The minimum Gasteiger partial charge on any atom is -0.332 e. The first kappa shape index (κ1) is 15.8. The van der Waals surface area contributed by atoms with Crippen molar-refractivity contribution in [3.05, 3.63) is 51.2 Å². The number of thiophene rings is 1. The molecule has 2 amide bonds. The van der Waals surface area contributed by atoms with Crippen LogP contribution in [0, 0.1) is 6.92 Å². The number of carbonyl (C=O) groups is 1. The van der Waals surface area contributed by atoms with Gasteiger partial charge in [-0.2, -0.15) is 0 Å². The highest BCUT2D eigenvalue weighted by molar-refractivity contribution is 7.90. The van der Waals surface area contributed by atoms with E-state index in [1.165, 1.54) is 23.5 Å². The van der Waals surface area contributed by atoms with Crippen LogP contribution in [-0.2, 0) is 16.6 Å². The summed E-state index contributed by atoms with van der Waals surface area (Å²) in [6.45, 7) is 2.06. The smallest absolute Gasteiger partial charge is 0.328 e. The van der Waals surface area contributed by atoms with Crippen molar-refractivity contribution in [1.82, 2.24) is 10.0 Å². The molecule has 2 N–H and O–H groups in total. The third-order valence-corrected chi connectivity index (χ3v) is 5.19. The molecular weight excluding hydrogens is 332 g/mol. The zero-order chi connectivity index (χ0) is 15.5. The fourth-order valence-electron chi connectivity index (χ4n) is 1.55. The van der Waals surface area contributed by atoms with Crippen LogP contribution in [0.2, 0.25) is 4.34 Å². The van der Waals surface area contributed by atoms with Gasteiger partial charge in [-0.1, -0.05) is 29.3 Å². The zero-order valence-electron chi connectivity index (χ0n) is 11.1. The van der Waals surface area contributed by atoms with Crippen LogP contribution < -0.4 is 10.0 Å². The Bertz CT molecular complexity index is 739. The third kappa shape index (κ3) is 4.45. The molecule has 0 aliphatic carbocycles. The van der Waals surface area contributed by atoms with Gasteiger partial charge in [-0.3, -0.25) is 0 Å². The Hall–Kier alpha value is -1.57. The molecule has 0 radical (unpaired) electrons. The molecule has 0 unspecified atom stereocenters. The predicted octanol–water partition coefficient (Wildman–Crippen LogP) is 2.90. The number of hydrogen-bond donors (Lipinski definition) is 2. The highest BCUT2D eigenvalue weighted by Crippen LogP contribution is 2.20. The molecule has 2 rings (SSSR count). The van der Waals surface area contributed by atoms with Crippen molar-refractivity contribution in [3.8, 4) is 0 Å².